The number of hydrogen-bond acceptors (Lipinski definition) is 9. The van der Waals surface area contributed by atoms with Crippen LogP contribution in [0.25, 0.3) is 17.4 Å². The molecule has 1 fully saturated rings. The van der Waals surface area contributed by atoms with Crippen molar-refractivity contribution in [2.75, 3.05) is 6.61 Å². The van der Waals surface area contributed by atoms with Crippen LogP contribution < -0.4 is 0 Å². The van der Waals surface area contributed by atoms with E-state index in [2.05, 4.69) is 0 Å². The zero-order chi connectivity index (χ0) is 21.8. The fourth-order valence-electron chi connectivity index (χ4n) is 3.22. The van der Waals surface area contributed by atoms with E-state index < -0.39 is 47.8 Å². The summed E-state index contributed by atoms with van der Waals surface area (Å²) >= 11 is 0. The third kappa shape index (κ3) is 4.64. The lowest BCUT2D eigenvalue weighted by molar-refractivity contribution is -0.384. The van der Waals surface area contributed by atoms with Crippen molar-refractivity contribution in [3.63, 3.8) is 0 Å². The van der Waals surface area contributed by atoms with Crippen molar-refractivity contribution in [2.45, 2.75) is 36.9 Å². The summed E-state index contributed by atoms with van der Waals surface area (Å²) in [6, 6.07) is 9.19. The minimum Gasteiger partial charge on any atom is -0.456 e. The molecule has 160 valence electrons. The van der Waals surface area contributed by atoms with Crippen molar-refractivity contribution < 1.29 is 39.3 Å². The Kier molecular flexibility index (Phi) is 6.75. The van der Waals surface area contributed by atoms with Crippen molar-refractivity contribution in [3.8, 4) is 11.3 Å². The fraction of sp³-hybridized carbons (Fsp3) is 0.350. The van der Waals surface area contributed by atoms with Crippen LogP contribution in [-0.4, -0.2) is 68.3 Å². The largest absolute Gasteiger partial charge is 0.456 e. The minimum absolute atomic E-state index is 0.110. The Bertz CT molecular complexity index is 936. The summed E-state index contributed by atoms with van der Waals surface area (Å²) in [7, 11) is 0. The van der Waals surface area contributed by atoms with Crippen molar-refractivity contribution in [1.29, 1.82) is 0 Å². The maximum absolute atomic E-state index is 12.2. The van der Waals surface area contributed by atoms with Gasteiger partial charge in [-0.25, -0.2) is 0 Å². The number of carbonyl (C=O) groups excluding carboxylic acids is 1. The highest BCUT2D eigenvalue weighted by molar-refractivity contribution is 5.93. The molecule has 0 spiro atoms. The first-order chi connectivity index (χ1) is 14.3. The maximum atomic E-state index is 12.2. The van der Waals surface area contributed by atoms with Crippen molar-refractivity contribution in [1.82, 2.24) is 0 Å². The summed E-state index contributed by atoms with van der Waals surface area (Å²) in [5.74, 6) is 0.0941. The highest BCUT2D eigenvalue weighted by Crippen LogP contribution is 2.31. The lowest BCUT2D eigenvalue weighted by atomic mass is 9.92. The van der Waals surface area contributed by atoms with Crippen LogP contribution >= 0.6 is 0 Å². The Balaban J connectivity index is 1.67. The second-order valence-corrected chi connectivity index (χ2v) is 6.85. The molecular weight excluding hydrogens is 398 g/mol. The normalized spacial score (nSPS) is 26.7. The van der Waals surface area contributed by atoms with Gasteiger partial charge in [0.15, 0.2) is 5.78 Å². The number of nitrogens with zero attached hydrogens (tertiary/aromatic N) is 1. The third-order valence-corrected chi connectivity index (χ3v) is 4.82. The maximum Gasteiger partial charge on any atom is 0.280 e. The summed E-state index contributed by atoms with van der Waals surface area (Å²) in [6.45, 7) is -0.577. The Labute approximate surface area is 170 Å². The van der Waals surface area contributed by atoms with Gasteiger partial charge < -0.3 is 29.6 Å². The van der Waals surface area contributed by atoms with Gasteiger partial charge in [-0.2, -0.15) is 0 Å². The van der Waals surface area contributed by atoms with E-state index in [1.165, 1.54) is 18.2 Å². The van der Waals surface area contributed by atoms with Gasteiger partial charge in [0.25, 0.3) is 5.69 Å². The molecule has 0 radical (unpaired) electrons. The topological polar surface area (TPSA) is 164 Å². The quantitative estimate of drug-likeness (QED) is 0.287. The molecule has 10 heteroatoms. The van der Waals surface area contributed by atoms with Crippen molar-refractivity contribution in [3.05, 3.63) is 58.3 Å². The lowest BCUT2D eigenvalue weighted by Gasteiger charge is -2.39. The number of ketones is 1. The molecule has 10 nitrogen and oxygen atoms in total. The molecule has 4 N–H and O–H groups in total. The molecule has 0 unspecified atom stereocenters. The lowest BCUT2D eigenvalue weighted by Crippen LogP contribution is -2.58. The number of ether oxygens (including phenoxy) is 1. The van der Waals surface area contributed by atoms with Crippen molar-refractivity contribution >= 4 is 17.5 Å². The molecule has 2 heterocycles. The van der Waals surface area contributed by atoms with Gasteiger partial charge in [-0.1, -0.05) is 12.1 Å². The van der Waals surface area contributed by atoms with E-state index in [9.17, 15) is 35.3 Å². The number of allylic oxidation sites excluding steroid dienone is 1. The summed E-state index contributed by atoms with van der Waals surface area (Å²) in [5, 5.41) is 49.9. The molecule has 2 aromatic rings. The number of nitro benzene ring substituents is 1. The molecular formula is C20H21NO9. The average molecular weight is 419 g/mol. The number of para-hydroxylation sites is 1. The van der Waals surface area contributed by atoms with E-state index in [0.717, 1.165) is 0 Å². The van der Waals surface area contributed by atoms with Gasteiger partial charge >= 0.3 is 0 Å². The summed E-state index contributed by atoms with van der Waals surface area (Å²) < 4.78 is 10.9. The Morgan fingerprint density at radius 1 is 1.07 bits per heavy atom. The first kappa shape index (κ1) is 21.8. The molecule has 1 aliphatic heterocycles. The van der Waals surface area contributed by atoms with E-state index in [1.54, 1.807) is 30.3 Å². The molecule has 30 heavy (non-hydrogen) atoms. The molecule has 1 saturated heterocycles. The van der Waals surface area contributed by atoms with Crippen LogP contribution in [0.2, 0.25) is 0 Å². The molecule has 1 aromatic heterocycles. The van der Waals surface area contributed by atoms with Gasteiger partial charge in [0.05, 0.1) is 23.2 Å². The molecule has 5 atom stereocenters. The van der Waals surface area contributed by atoms with Crippen LogP contribution in [0.3, 0.4) is 0 Å². The molecule has 1 aliphatic rings. The number of hydrogen-bond donors (Lipinski definition) is 4. The highest BCUT2D eigenvalue weighted by atomic mass is 16.6. The number of aliphatic hydroxyl groups is 4. The molecule has 0 amide bonds. The second-order valence-electron chi connectivity index (χ2n) is 6.85. The number of benzene rings is 1. The van der Waals surface area contributed by atoms with E-state index in [-0.39, 0.29) is 23.6 Å². The number of aliphatic hydroxyl groups excluding tert-OH is 4. The fourth-order valence-corrected chi connectivity index (χ4v) is 3.22. The van der Waals surface area contributed by atoms with E-state index >= 15 is 0 Å². The van der Waals surface area contributed by atoms with E-state index in [4.69, 9.17) is 9.15 Å². The van der Waals surface area contributed by atoms with Gasteiger partial charge in [-0.15, -0.1) is 0 Å². The molecule has 0 bridgehead atoms. The van der Waals surface area contributed by atoms with Crippen LogP contribution in [0.1, 0.15) is 12.2 Å². The second kappa shape index (κ2) is 9.28. The summed E-state index contributed by atoms with van der Waals surface area (Å²) in [6.07, 6.45) is -4.46. The van der Waals surface area contributed by atoms with Crippen LogP contribution in [0.4, 0.5) is 5.69 Å². The summed E-state index contributed by atoms with van der Waals surface area (Å²) in [5.41, 5.74) is 0.191. The van der Waals surface area contributed by atoms with Gasteiger partial charge in [0, 0.05) is 12.5 Å². The molecule has 0 aliphatic carbocycles. The molecule has 0 saturated carbocycles. The first-order valence-electron chi connectivity index (χ1n) is 9.17. The number of furan rings is 1. The van der Waals surface area contributed by atoms with Gasteiger partial charge in [-0.05, 0) is 30.4 Å². The summed E-state index contributed by atoms with van der Waals surface area (Å²) in [4.78, 5) is 22.8. The molecule has 3 rings (SSSR count). The van der Waals surface area contributed by atoms with Crippen LogP contribution in [-0.2, 0) is 9.53 Å². The van der Waals surface area contributed by atoms with Crippen LogP contribution in [0, 0.1) is 10.1 Å². The smallest absolute Gasteiger partial charge is 0.280 e. The van der Waals surface area contributed by atoms with Gasteiger partial charge in [0.1, 0.15) is 35.9 Å². The minimum atomic E-state index is -1.55. The highest BCUT2D eigenvalue weighted by Gasteiger charge is 2.43. The van der Waals surface area contributed by atoms with Crippen LogP contribution in [0.5, 0.6) is 0 Å². The standard InChI is InChI=1S/C20H21NO9/c22-10-17-19(25)20(26)18(24)16(30-17)9-11(23)5-6-12-7-8-15(29-12)13-3-1-2-4-14(13)21(27)28/h1-8,16-20,22,24-26H,9-10H2/b6-5+/t16-,17+,18-,19-,20+/m0/s1. The van der Waals surface area contributed by atoms with Gasteiger partial charge in [0.2, 0.25) is 0 Å². The monoisotopic (exact) mass is 419 g/mol. The molecule has 1 aromatic carbocycles. The Morgan fingerprint density at radius 3 is 2.47 bits per heavy atom. The average Bonchev–Trinajstić information content (AvgIpc) is 3.21. The van der Waals surface area contributed by atoms with E-state index in [1.807, 2.05) is 0 Å². The Hall–Kier alpha value is -2.89. The Morgan fingerprint density at radius 2 is 1.77 bits per heavy atom. The number of carbonyl (C=O) groups is 1. The first-order valence-corrected chi connectivity index (χ1v) is 9.17. The van der Waals surface area contributed by atoms with Gasteiger partial charge in [-0.3, -0.25) is 14.9 Å². The zero-order valence-corrected chi connectivity index (χ0v) is 15.7. The van der Waals surface area contributed by atoms with Crippen molar-refractivity contribution in [2.24, 2.45) is 0 Å². The zero-order valence-electron chi connectivity index (χ0n) is 15.7. The predicted octanol–water partition coefficient (Wildman–Crippen LogP) is 0.670. The number of nitro groups is 1. The number of rotatable bonds is 7. The predicted molar refractivity (Wildman–Crippen MR) is 103 cm³/mol. The SMILES string of the molecule is O=C(/C=C/c1ccc(-c2ccccc2[N+](=O)[O-])o1)C[C@@H]1O[C@H](CO)[C@H](O)[C@H](O)[C@H]1O. The third-order valence-electron chi connectivity index (χ3n) is 4.82. The van der Waals surface area contributed by atoms with Crippen LogP contribution in [0.15, 0.2) is 46.9 Å². The van der Waals surface area contributed by atoms with E-state index in [0.29, 0.717) is 5.56 Å².